The molecule has 3 aromatic rings. The number of allylic oxidation sites excluding steroid dienone is 2. The highest BCUT2D eigenvalue weighted by atomic mass is 19.2. The molecule has 0 heterocycles. The standard InChI is InChI=1S/C26H22F4/c1-2-3-4-16-5-9-20(24(28)13-16)17-6-10-21-18(14-17)7-11-22(26(21)30)19-8-12-23(27)25(29)15-19/h5-9,11-13,15H,2-4,10,14H2,1H3. The lowest BCUT2D eigenvalue weighted by molar-refractivity contribution is 0.509. The lowest BCUT2D eigenvalue weighted by Gasteiger charge is -2.20. The molecule has 3 aromatic carbocycles. The number of hydrogen-bond acceptors (Lipinski definition) is 0. The van der Waals surface area contributed by atoms with Gasteiger partial charge in [0, 0.05) is 11.1 Å². The molecule has 1 aliphatic carbocycles. The van der Waals surface area contributed by atoms with E-state index in [0.717, 1.165) is 48.1 Å². The summed E-state index contributed by atoms with van der Waals surface area (Å²) in [7, 11) is 0. The number of aryl methyl sites for hydroxylation is 1. The molecule has 0 nitrogen and oxygen atoms in total. The predicted molar refractivity (Wildman–Crippen MR) is 112 cm³/mol. The van der Waals surface area contributed by atoms with Crippen molar-refractivity contribution in [3.63, 3.8) is 0 Å². The third-order valence-electron chi connectivity index (χ3n) is 5.70. The first-order valence-corrected chi connectivity index (χ1v) is 10.2. The van der Waals surface area contributed by atoms with Crippen molar-refractivity contribution >= 4 is 5.57 Å². The highest BCUT2D eigenvalue weighted by Gasteiger charge is 2.21. The second-order valence-electron chi connectivity index (χ2n) is 7.72. The van der Waals surface area contributed by atoms with Crippen LogP contribution in [0.1, 0.15) is 42.0 Å². The van der Waals surface area contributed by atoms with Crippen LogP contribution in [-0.4, -0.2) is 0 Å². The summed E-state index contributed by atoms with van der Waals surface area (Å²) in [6.07, 6.45) is 5.54. The van der Waals surface area contributed by atoms with Gasteiger partial charge in [-0.05, 0) is 71.7 Å². The van der Waals surface area contributed by atoms with Gasteiger partial charge in [-0.3, -0.25) is 0 Å². The summed E-state index contributed by atoms with van der Waals surface area (Å²) in [5, 5.41) is 0. The lowest BCUT2D eigenvalue weighted by Crippen LogP contribution is -2.07. The smallest absolute Gasteiger partial charge is 0.159 e. The van der Waals surface area contributed by atoms with E-state index in [2.05, 4.69) is 6.92 Å². The Balaban J connectivity index is 1.62. The molecule has 0 N–H and O–H groups in total. The Morgan fingerprint density at radius 3 is 2.33 bits per heavy atom. The van der Waals surface area contributed by atoms with Crippen molar-refractivity contribution in [1.82, 2.24) is 0 Å². The molecule has 1 aliphatic rings. The van der Waals surface area contributed by atoms with Gasteiger partial charge in [-0.1, -0.05) is 49.8 Å². The molecule has 30 heavy (non-hydrogen) atoms. The van der Waals surface area contributed by atoms with E-state index >= 15 is 4.39 Å². The van der Waals surface area contributed by atoms with Crippen molar-refractivity contribution in [3.05, 3.63) is 100 Å². The Morgan fingerprint density at radius 2 is 1.60 bits per heavy atom. The van der Waals surface area contributed by atoms with Crippen LogP contribution in [0.2, 0.25) is 0 Å². The number of benzene rings is 3. The number of halogens is 4. The van der Waals surface area contributed by atoms with Crippen LogP contribution < -0.4 is 0 Å². The molecule has 0 spiro atoms. The first kappa shape index (κ1) is 20.4. The van der Waals surface area contributed by atoms with Crippen LogP contribution in [0.25, 0.3) is 16.7 Å². The first-order chi connectivity index (χ1) is 14.5. The quantitative estimate of drug-likeness (QED) is 0.384. The second kappa shape index (κ2) is 8.47. The largest absolute Gasteiger partial charge is 0.206 e. The Hall–Kier alpha value is -2.88. The molecule has 0 saturated heterocycles. The molecular formula is C26H22F4. The molecular weight excluding hydrogens is 388 g/mol. The topological polar surface area (TPSA) is 0 Å². The van der Waals surface area contributed by atoms with Gasteiger partial charge in [-0.15, -0.1) is 0 Å². The van der Waals surface area contributed by atoms with Crippen LogP contribution in [0.15, 0.2) is 54.6 Å². The third-order valence-corrected chi connectivity index (χ3v) is 5.70. The van der Waals surface area contributed by atoms with E-state index in [-0.39, 0.29) is 16.9 Å². The van der Waals surface area contributed by atoms with Crippen LogP contribution in [0.4, 0.5) is 17.6 Å². The van der Waals surface area contributed by atoms with Crippen molar-refractivity contribution < 1.29 is 17.6 Å². The second-order valence-corrected chi connectivity index (χ2v) is 7.72. The van der Waals surface area contributed by atoms with Crippen LogP contribution >= 0.6 is 0 Å². The maximum atomic E-state index is 15.1. The van der Waals surface area contributed by atoms with E-state index in [9.17, 15) is 13.2 Å². The van der Waals surface area contributed by atoms with Crippen LogP contribution in [-0.2, 0) is 19.3 Å². The zero-order valence-corrected chi connectivity index (χ0v) is 16.7. The molecule has 0 saturated carbocycles. The number of unbranched alkanes of at least 4 members (excludes halogenated alkanes) is 1. The number of rotatable bonds is 5. The van der Waals surface area contributed by atoms with Crippen molar-refractivity contribution in [2.45, 2.75) is 39.0 Å². The lowest BCUT2D eigenvalue weighted by atomic mass is 9.85. The molecule has 0 radical (unpaired) electrons. The zero-order chi connectivity index (χ0) is 21.3. The minimum atomic E-state index is -1.01. The van der Waals surface area contributed by atoms with Gasteiger partial charge >= 0.3 is 0 Å². The molecule has 0 aromatic heterocycles. The predicted octanol–water partition coefficient (Wildman–Crippen LogP) is 7.43. The maximum absolute atomic E-state index is 15.1. The molecule has 0 atom stereocenters. The van der Waals surface area contributed by atoms with Crippen molar-refractivity contribution in [3.8, 4) is 11.1 Å². The number of fused-ring (bicyclic) bond motifs is 1. The fourth-order valence-corrected chi connectivity index (χ4v) is 4.00. The summed E-state index contributed by atoms with van der Waals surface area (Å²) in [4.78, 5) is 0. The maximum Gasteiger partial charge on any atom is 0.159 e. The Bertz CT molecular complexity index is 1130. The van der Waals surface area contributed by atoms with Crippen molar-refractivity contribution in [2.24, 2.45) is 0 Å². The van der Waals surface area contributed by atoms with E-state index < -0.39 is 17.5 Å². The molecule has 154 valence electrons. The average Bonchev–Trinajstić information content (AvgIpc) is 2.74. The van der Waals surface area contributed by atoms with E-state index in [0.29, 0.717) is 24.0 Å². The van der Waals surface area contributed by atoms with Crippen molar-refractivity contribution in [1.29, 1.82) is 0 Å². The van der Waals surface area contributed by atoms with E-state index in [4.69, 9.17) is 0 Å². The van der Waals surface area contributed by atoms with Gasteiger partial charge in [0.1, 0.15) is 11.6 Å². The summed E-state index contributed by atoms with van der Waals surface area (Å²) in [5.41, 5.74) is 4.19. The van der Waals surface area contributed by atoms with Crippen molar-refractivity contribution in [2.75, 3.05) is 0 Å². The van der Waals surface area contributed by atoms with Gasteiger partial charge in [-0.25, -0.2) is 17.6 Å². The van der Waals surface area contributed by atoms with Gasteiger partial charge in [0.05, 0.1) is 0 Å². The molecule has 4 rings (SSSR count). The van der Waals surface area contributed by atoms with Gasteiger partial charge in [0.2, 0.25) is 0 Å². The normalized spacial score (nSPS) is 13.2. The minimum absolute atomic E-state index is 0.232. The minimum Gasteiger partial charge on any atom is -0.206 e. The first-order valence-electron chi connectivity index (χ1n) is 10.2. The van der Waals surface area contributed by atoms with Crippen LogP contribution in [0, 0.1) is 23.3 Å². The Morgan fingerprint density at radius 1 is 0.800 bits per heavy atom. The van der Waals surface area contributed by atoms with Gasteiger partial charge in [-0.2, -0.15) is 0 Å². The molecule has 0 aliphatic heterocycles. The molecule has 4 heteroatoms. The monoisotopic (exact) mass is 410 g/mol. The van der Waals surface area contributed by atoms with Gasteiger partial charge in [0.25, 0.3) is 0 Å². The third kappa shape index (κ3) is 3.91. The fourth-order valence-electron chi connectivity index (χ4n) is 4.00. The van der Waals surface area contributed by atoms with Gasteiger partial charge in [0.15, 0.2) is 11.6 Å². The van der Waals surface area contributed by atoms with E-state index in [1.54, 1.807) is 18.2 Å². The Kier molecular flexibility index (Phi) is 5.76. The SMILES string of the molecule is CCCCc1ccc(C2=CCc3c(ccc(-c4ccc(F)c(F)c4)c3F)C2)c(F)c1. The van der Waals surface area contributed by atoms with Crippen LogP contribution in [0.5, 0.6) is 0 Å². The summed E-state index contributed by atoms with van der Waals surface area (Å²) in [6, 6.07) is 12.1. The molecule has 0 amide bonds. The summed E-state index contributed by atoms with van der Waals surface area (Å²) in [6.45, 7) is 2.10. The highest BCUT2D eigenvalue weighted by molar-refractivity contribution is 5.73. The van der Waals surface area contributed by atoms with E-state index in [1.807, 2.05) is 18.2 Å². The number of hydrogen-bond donors (Lipinski definition) is 0. The van der Waals surface area contributed by atoms with Crippen LogP contribution in [0.3, 0.4) is 0 Å². The molecule has 0 fully saturated rings. The summed E-state index contributed by atoms with van der Waals surface area (Å²) < 4.78 is 56.6. The van der Waals surface area contributed by atoms with E-state index in [1.165, 1.54) is 6.07 Å². The van der Waals surface area contributed by atoms with Gasteiger partial charge < -0.3 is 0 Å². The molecule has 0 bridgehead atoms. The summed E-state index contributed by atoms with van der Waals surface area (Å²) in [5.74, 6) is -2.67. The molecule has 0 unspecified atom stereocenters. The average molecular weight is 410 g/mol. The highest BCUT2D eigenvalue weighted by Crippen LogP contribution is 2.35. The zero-order valence-electron chi connectivity index (χ0n) is 16.7. The Labute approximate surface area is 173 Å². The fraction of sp³-hybridized carbons (Fsp3) is 0.231. The summed E-state index contributed by atoms with van der Waals surface area (Å²) >= 11 is 0.